The van der Waals surface area contributed by atoms with Crippen LogP contribution in [-0.4, -0.2) is 48.0 Å². The van der Waals surface area contributed by atoms with Gasteiger partial charge in [-0.15, -0.1) is 0 Å². The number of benzene rings is 2. The van der Waals surface area contributed by atoms with Crippen molar-refractivity contribution in [1.82, 2.24) is 14.8 Å². The van der Waals surface area contributed by atoms with Crippen molar-refractivity contribution < 1.29 is 14.3 Å². The summed E-state index contributed by atoms with van der Waals surface area (Å²) in [6.45, 7) is 3.51. The maximum atomic E-state index is 13.1. The molecule has 9 heteroatoms. The van der Waals surface area contributed by atoms with E-state index in [-0.39, 0.29) is 11.8 Å². The fourth-order valence-electron chi connectivity index (χ4n) is 4.31. The summed E-state index contributed by atoms with van der Waals surface area (Å²) < 4.78 is 13.7. The summed E-state index contributed by atoms with van der Waals surface area (Å²) in [6.07, 6.45) is 1.76. The van der Waals surface area contributed by atoms with Gasteiger partial charge in [0.05, 0.1) is 41.9 Å². The van der Waals surface area contributed by atoms with Gasteiger partial charge in [-0.05, 0) is 44.0 Å². The number of nitrogens with one attached hydrogen (secondary N) is 1. The third-order valence-electron chi connectivity index (χ3n) is 6.11. The second-order valence-electron chi connectivity index (χ2n) is 8.32. The molecule has 8 nitrogen and oxygen atoms in total. The Kier molecular flexibility index (Phi) is 6.10. The number of methoxy groups -OCH3 is 2. The average molecular weight is 478 g/mol. The lowest BCUT2D eigenvalue weighted by Crippen LogP contribution is -2.40. The molecule has 0 spiro atoms. The molecule has 176 valence electrons. The van der Waals surface area contributed by atoms with Gasteiger partial charge in [-0.2, -0.15) is 10.1 Å². The van der Waals surface area contributed by atoms with Gasteiger partial charge >= 0.3 is 0 Å². The first-order valence-electron chi connectivity index (χ1n) is 11.3. The molecule has 0 unspecified atom stereocenters. The summed E-state index contributed by atoms with van der Waals surface area (Å²) >= 11 is 1.64. The minimum Gasteiger partial charge on any atom is -0.497 e. The van der Waals surface area contributed by atoms with Crippen molar-refractivity contribution in [2.75, 3.05) is 37.5 Å². The monoisotopic (exact) mass is 477 g/mol. The zero-order valence-electron chi connectivity index (χ0n) is 19.4. The number of hydrogen-bond donors (Lipinski definition) is 1. The fourth-order valence-corrected chi connectivity index (χ4v) is 5.33. The smallest absolute Gasteiger partial charge is 0.229 e. The standard InChI is InChI=1S/C25H27N5O3S/c1-16-22-23(30(28-16)18-9-5-4-6-10-18)27-25(34-22)29-13-7-8-17(15-29)24(31)26-20-12-11-19(32-2)14-21(20)33-3/h4-6,9-12,14,17H,7-8,13,15H2,1-3H3,(H,26,31)/t17-/m1/s1. The molecule has 2 aromatic heterocycles. The quantitative estimate of drug-likeness (QED) is 0.435. The van der Waals surface area contributed by atoms with E-state index in [1.165, 1.54) is 0 Å². The maximum Gasteiger partial charge on any atom is 0.229 e. The second-order valence-corrected chi connectivity index (χ2v) is 9.30. The van der Waals surface area contributed by atoms with E-state index < -0.39 is 0 Å². The molecule has 34 heavy (non-hydrogen) atoms. The van der Waals surface area contributed by atoms with Crippen LogP contribution >= 0.6 is 11.3 Å². The molecule has 0 aliphatic carbocycles. The summed E-state index contributed by atoms with van der Waals surface area (Å²) in [7, 11) is 3.18. The maximum absolute atomic E-state index is 13.1. The number of fused-ring (bicyclic) bond motifs is 1. The molecule has 1 amide bonds. The van der Waals surface area contributed by atoms with E-state index in [0.717, 1.165) is 46.2 Å². The van der Waals surface area contributed by atoms with Crippen molar-refractivity contribution >= 4 is 38.4 Å². The fraction of sp³-hybridized carbons (Fsp3) is 0.320. The summed E-state index contributed by atoms with van der Waals surface area (Å²) in [6, 6.07) is 15.4. The number of aromatic nitrogens is 3. The van der Waals surface area contributed by atoms with Crippen LogP contribution in [-0.2, 0) is 4.79 Å². The molecule has 3 heterocycles. The molecule has 2 aromatic carbocycles. The first-order chi connectivity index (χ1) is 16.6. The predicted molar refractivity (Wildman–Crippen MR) is 135 cm³/mol. The van der Waals surface area contributed by atoms with E-state index in [0.29, 0.717) is 23.7 Å². The van der Waals surface area contributed by atoms with Crippen LogP contribution in [0.4, 0.5) is 10.8 Å². The van der Waals surface area contributed by atoms with Gasteiger partial charge in [0.1, 0.15) is 11.5 Å². The normalized spacial score (nSPS) is 16.0. The number of carbonyl (C=O) groups excluding carboxylic acids is 1. The van der Waals surface area contributed by atoms with Crippen molar-refractivity contribution in [2.45, 2.75) is 19.8 Å². The van der Waals surface area contributed by atoms with Crippen LogP contribution < -0.4 is 19.7 Å². The number of nitrogens with zero attached hydrogens (tertiary/aromatic N) is 4. The minimum absolute atomic E-state index is 0.0130. The minimum atomic E-state index is -0.140. The topological polar surface area (TPSA) is 81.5 Å². The Morgan fingerprint density at radius 2 is 1.97 bits per heavy atom. The number of thiazole rings is 1. The second kappa shape index (κ2) is 9.34. The summed E-state index contributed by atoms with van der Waals surface area (Å²) in [5.74, 6) is 1.10. The molecule has 1 atom stereocenters. The van der Waals surface area contributed by atoms with Crippen molar-refractivity contribution in [2.24, 2.45) is 5.92 Å². The Balaban J connectivity index is 1.35. The molecule has 1 aliphatic heterocycles. The van der Waals surface area contributed by atoms with Gasteiger partial charge in [-0.1, -0.05) is 29.5 Å². The lowest BCUT2D eigenvalue weighted by atomic mass is 9.97. The highest BCUT2D eigenvalue weighted by molar-refractivity contribution is 7.22. The molecule has 0 radical (unpaired) electrons. The van der Waals surface area contributed by atoms with Crippen LogP contribution in [0.25, 0.3) is 16.0 Å². The third-order valence-corrected chi connectivity index (χ3v) is 7.32. The zero-order chi connectivity index (χ0) is 23.7. The number of anilines is 2. The highest BCUT2D eigenvalue weighted by Crippen LogP contribution is 2.35. The van der Waals surface area contributed by atoms with Gasteiger partial charge in [-0.3, -0.25) is 4.79 Å². The van der Waals surface area contributed by atoms with Gasteiger partial charge in [0.2, 0.25) is 5.91 Å². The van der Waals surface area contributed by atoms with Gasteiger partial charge in [-0.25, -0.2) is 4.68 Å². The van der Waals surface area contributed by atoms with Gasteiger partial charge in [0.25, 0.3) is 0 Å². The Morgan fingerprint density at radius 1 is 1.15 bits per heavy atom. The molecule has 0 bridgehead atoms. The number of amides is 1. The SMILES string of the molecule is COc1ccc(NC(=O)[C@@H]2CCCN(c3nc4c(s3)c(C)nn4-c3ccccc3)C2)c(OC)c1. The summed E-state index contributed by atoms with van der Waals surface area (Å²) in [5.41, 5.74) is 3.45. The first-order valence-corrected chi connectivity index (χ1v) is 12.1. The molecule has 1 saturated heterocycles. The molecular formula is C25H27N5O3S. The number of piperidine rings is 1. The average Bonchev–Trinajstić information content (AvgIpc) is 3.45. The molecule has 1 aliphatic rings. The van der Waals surface area contributed by atoms with Crippen molar-refractivity contribution in [1.29, 1.82) is 0 Å². The van der Waals surface area contributed by atoms with Crippen molar-refractivity contribution in [3.63, 3.8) is 0 Å². The van der Waals surface area contributed by atoms with Gasteiger partial charge in [0, 0.05) is 19.2 Å². The molecular weight excluding hydrogens is 450 g/mol. The van der Waals surface area contributed by atoms with E-state index in [1.807, 2.05) is 54.1 Å². The Bertz CT molecular complexity index is 1320. The van der Waals surface area contributed by atoms with Crippen LogP contribution in [0.2, 0.25) is 0 Å². The van der Waals surface area contributed by atoms with Crippen molar-refractivity contribution in [3.8, 4) is 17.2 Å². The lowest BCUT2D eigenvalue weighted by molar-refractivity contribution is -0.120. The van der Waals surface area contributed by atoms with Crippen LogP contribution in [0.3, 0.4) is 0 Å². The molecule has 1 fully saturated rings. The first kappa shape index (κ1) is 22.2. The zero-order valence-corrected chi connectivity index (χ0v) is 20.3. The van der Waals surface area contributed by atoms with E-state index in [1.54, 1.807) is 31.6 Å². The number of para-hydroxylation sites is 1. The largest absolute Gasteiger partial charge is 0.497 e. The number of hydrogen-bond acceptors (Lipinski definition) is 7. The summed E-state index contributed by atoms with van der Waals surface area (Å²) in [4.78, 5) is 20.3. The molecule has 1 N–H and O–H groups in total. The van der Waals surface area contributed by atoms with Crippen molar-refractivity contribution in [3.05, 3.63) is 54.2 Å². The number of aryl methyl sites for hydroxylation is 1. The van der Waals surface area contributed by atoms with Gasteiger partial charge in [0.15, 0.2) is 10.8 Å². The molecule has 4 aromatic rings. The third kappa shape index (κ3) is 4.19. The van der Waals surface area contributed by atoms with Gasteiger partial charge < -0.3 is 19.7 Å². The number of carbonyl (C=O) groups is 1. The molecule has 0 saturated carbocycles. The van der Waals surface area contributed by atoms with E-state index in [2.05, 4.69) is 15.3 Å². The van der Waals surface area contributed by atoms with E-state index >= 15 is 0 Å². The Labute approximate surface area is 202 Å². The van der Waals surface area contributed by atoms with Crippen LogP contribution in [0.1, 0.15) is 18.5 Å². The van der Waals surface area contributed by atoms with E-state index in [4.69, 9.17) is 14.5 Å². The highest BCUT2D eigenvalue weighted by Gasteiger charge is 2.29. The van der Waals surface area contributed by atoms with Crippen LogP contribution in [0.15, 0.2) is 48.5 Å². The molecule has 5 rings (SSSR count). The van der Waals surface area contributed by atoms with Crippen LogP contribution in [0.5, 0.6) is 11.5 Å². The van der Waals surface area contributed by atoms with E-state index in [9.17, 15) is 4.79 Å². The Morgan fingerprint density at radius 3 is 2.74 bits per heavy atom. The lowest BCUT2D eigenvalue weighted by Gasteiger charge is -2.31. The predicted octanol–water partition coefficient (Wildman–Crippen LogP) is 4.66. The summed E-state index contributed by atoms with van der Waals surface area (Å²) in [5, 5.41) is 8.65. The number of rotatable bonds is 6. The van der Waals surface area contributed by atoms with Crippen LogP contribution in [0, 0.1) is 12.8 Å². The highest BCUT2D eigenvalue weighted by atomic mass is 32.1. The Hall–Kier alpha value is -3.59. The number of ether oxygens (including phenoxy) is 2.